The smallest absolute Gasteiger partial charge is 0.306 e. The fourth-order valence-corrected chi connectivity index (χ4v) is 7.58. The first-order valence-corrected chi connectivity index (χ1v) is 27.3. The summed E-state index contributed by atoms with van der Waals surface area (Å²) in [6.45, 7) is 6.56. The molecule has 0 fully saturated rings. The molecule has 1 atom stereocenters. The van der Waals surface area contributed by atoms with E-state index < -0.39 is 6.10 Å². The minimum atomic E-state index is -0.787. The zero-order valence-corrected chi connectivity index (χ0v) is 42.3. The second kappa shape index (κ2) is 52.7. The van der Waals surface area contributed by atoms with Crippen molar-refractivity contribution in [2.24, 2.45) is 0 Å². The minimum absolute atomic E-state index is 0.0870. The van der Waals surface area contributed by atoms with Crippen molar-refractivity contribution in [2.75, 3.05) is 13.2 Å². The largest absolute Gasteiger partial charge is 0.462 e. The molecule has 0 heterocycles. The van der Waals surface area contributed by atoms with Crippen molar-refractivity contribution in [2.45, 2.75) is 277 Å². The lowest BCUT2D eigenvalue weighted by Gasteiger charge is -2.18. The molecule has 0 bridgehead atoms. The van der Waals surface area contributed by atoms with Crippen LogP contribution in [-0.4, -0.2) is 37.2 Å². The van der Waals surface area contributed by atoms with Gasteiger partial charge in [-0.2, -0.15) is 0 Å². The van der Waals surface area contributed by atoms with E-state index in [1.165, 1.54) is 128 Å². The molecule has 0 aromatic rings. The van der Waals surface area contributed by atoms with Gasteiger partial charge in [0.25, 0.3) is 0 Å². The molecule has 64 heavy (non-hydrogen) atoms. The van der Waals surface area contributed by atoms with Crippen molar-refractivity contribution in [1.82, 2.24) is 0 Å². The maximum atomic E-state index is 12.8. The van der Waals surface area contributed by atoms with E-state index in [-0.39, 0.29) is 31.1 Å². The molecule has 0 saturated carbocycles. The van der Waals surface area contributed by atoms with Crippen LogP contribution >= 0.6 is 0 Å². The number of hydrogen-bond acceptors (Lipinski definition) is 6. The van der Waals surface area contributed by atoms with Gasteiger partial charge in [0, 0.05) is 19.3 Å². The number of unbranched alkanes of at least 4 members (excludes halogenated alkanes) is 28. The molecule has 0 rings (SSSR count). The summed E-state index contributed by atoms with van der Waals surface area (Å²) in [6, 6.07) is 0. The van der Waals surface area contributed by atoms with Crippen molar-refractivity contribution in [3.63, 3.8) is 0 Å². The Morgan fingerprint density at radius 3 is 0.953 bits per heavy atom. The molecule has 0 aromatic carbocycles. The van der Waals surface area contributed by atoms with Gasteiger partial charge < -0.3 is 14.2 Å². The molecule has 0 aliphatic rings. The van der Waals surface area contributed by atoms with Crippen molar-refractivity contribution in [3.8, 4) is 0 Å². The highest BCUT2D eigenvalue weighted by Crippen LogP contribution is 2.15. The van der Waals surface area contributed by atoms with E-state index in [1.807, 2.05) is 0 Å². The van der Waals surface area contributed by atoms with Crippen LogP contribution < -0.4 is 0 Å². The zero-order chi connectivity index (χ0) is 46.5. The number of esters is 3. The van der Waals surface area contributed by atoms with E-state index in [1.54, 1.807) is 0 Å². The van der Waals surface area contributed by atoms with Gasteiger partial charge in [0.1, 0.15) is 13.2 Å². The van der Waals surface area contributed by atoms with Crippen LogP contribution in [-0.2, 0) is 28.6 Å². The maximum Gasteiger partial charge on any atom is 0.306 e. The Labute approximate surface area is 396 Å². The van der Waals surface area contributed by atoms with E-state index in [0.29, 0.717) is 19.3 Å². The van der Waals surface area contributed by atoms with Crippen LogP contribution in [0.5, 0.6) is 0 Å². The van der Waals surface area contributed by atoms with Gasteiger partial charge >= 0.3 is 17.9 Å². The van der Waals surface area contributed by atoms with E-state index >= 15 is 0 Å². The number of carbonyl (C=O) groups is 3. The average molecular weight is 895 g/mol. The highest BCUT2D eigenvalue weighted by molar-refractivity contribution is 5.71. The monoisotopic (exact) mass is 895 g/mol. The lowest BCUT2D eigenvalue weighted by molar-refractivity contribution is -0.167. The number of hydrogen-bond donors (Lipinski definition) is 0. The Morgan fingerprint density at radius 1 is 0.312 bits per heavy atom. The van der Waals surface area contributed by atoms with Gasteiger partial charge in [0.15, 0.2) is 6.10 Å². The van der Waals surface area contributed by atoms with Crippen LogP contribution in [0.3, 0.4) is 0 Å². The molecule has 0 aliphatic heterocycles. The molecule has 0 amide bonds. The molecule has 0 N–H and O–H groups in total. The van der Waals surface area contributed by atoms with Crippen LogP contribution in [0, 0.1) is 0 Å². The molecule has 0 unspecified atom stereocenters. The number of allylic oxidation sites excluding steroid dienone is 10. The summed E-state index contributed by atoms with van der Waals surface area (Å²) in [4.78, 5) is 38.1. The SMILES string of the molecule is CCCC/C=C\C/C=C\CCCCCCCC(=O)OC[C@H](COC(=O)CCCCCC/C=C\C/C=C\C/C=C\CCCCC)OC(=O)CCCCCCCCCCCCCCCCC. The van der Waals surface area contributed by atoms with Gasteiger partial charge in [0.05, 0.1) is 0 Å². The van der Waals surface area contributed by atoms with Gasteiger partial charge in [-0.3, -0.25) is 14.4 Å². The highest BCUT2D eigenvalue weighted by atomic mass is 16.6. The van der Waals surface area contributed by atoms with Crippen LogP contribution in [0.2, 0.25) is 0 Å². The van der Waals surface area contributed by atoms with E-state index in [2.05, 4.69) is 81.5 Å². The summed E-state index contributed by atoms with van der Waals surface area (Å²) in [5, 5.41) is 0. The first-order valence-electron chi connectivity index (χ1n) is 27.3. The first-order chi connectivity index (χ1) is 31.5. The number of rotatable bonds is 49. The molecule has 6 heteroatoms. The van der Waals surface area contributed by atoms with Crippen molar-refractivity contribution >= 4 is 17.9 Å². The normalized spacial score (nSPS) is 12.5. The molecule has 0 spiro atoms. The summed E-state index contributed by atoms with van der Waals surface area (Å²) >= 11 is 0. The summed E-state index contributed by atoms with van der Waals surface area (Å²) in [5.41, 5.74) is 0. The van der Waals surface area contributed by atoms with E-state index in [0.717, 1.165) is 103 Å². The Balaban J connectivity index is 4.42. The Bertz CT molecular complexity index is 1170. The molecule has 0 aromatic heterocycles. The summed E-state index contributed by atoms with van der Waals surface area (Å²) in [6.07, 6.45) is 64.8. The fourth-order valence-electron chi connectivity index (χ4n) is 7.58. The summed E-state index contributed by atoms with van der Waals surface area (Å²) < 4.78 is 16.8. The van der Waals surface area contributed by atoms with Gasteiger partial charge in [-0.1, -0.05) is 229 Å². The Morgan fingerprint density at radius 2 is 0.578 bits per heavy atom. The minimum Gasteiger partial charge on any atom is -0.462 e. The molecular weight excluding hydrogens is 793 g/mol. The Hall–Kier alpha value is -2.89. The first kappa shape index (κ1) is 61.1. The zero-order valence-electron chi connectivity index (χ0n) is 42.3. The van der Waals surface area contributed by atoms with E-state index in [4.69, 9.17) is 14.2 Å². The van der Waals surface area contributed by atoms with Gasteiger partial charge in [-0.05, 0) is 83.5 Å². The predicted octanol–water partition coefficient (Wildman–Crippen LogP) is 18.0. The lowest BCUT2D eigenvalue weighted by atomic mass is 10.0. The third-order valence-corrected chi connectivity index (χ3v) is 11.7. The Kier molecular flexibility index (Phi) is 50.4. The standard InChI is InChI=1S/C58H102O6/c1-4-7-10-13-16-19-22-25-28-29-31-33-36-39-42-45-48-51-57(60)63-54-55(53-62-56(59)50-47-44-41-38-35-32-27-24-21-18-15-12-9-6-3)64-58(61)52-49-46-43-40-37-34-30-26-23-20-17-14-11-8-5-2/h15-16,18-19,24-25,27-28,31,33,55H,4-14,17,20-23,26,29-30,32,34-54H2,1-3H3/b18-15-,19-16-,27-24-,28-25-,33-31-/t55-/m1/s1. The van der Waals surface area contributed by atoms with Gasteiger partial charge in [0.2, 0.25) is 0 Å². The quantitative estimate of drug-likeness (QED) is 0.0262. The van der Waals surface area contributed by atoms with Crippen LogP contribution in [0.15, 0.2) is 60.8 Å². The molecule has 0 radical (unpaired) electrons. The lowest BCUT2D eigenvalue weighted by Crippen LogP contribution is -2.30. The third kappa shape index (κ3) is 50.1. The molecule has 6 nitrogen and oxygen atoms in total. The summed E-state index contributed by atoms with van der Waals surface area (Å²) in [7, 11) is 0. The third-order valence-electron chi connectivity index (χ3n) is 11.7. The van der Waals surface area contributed by atoms with Crippen molar-refractivity contribution < 1.29 is 28.6 Å². The van der Waals surface area contributed by atoms with E-state index in [9.17, 15) is 14.4 Å². The van der Waals surface area contributed by atoms with Crippen molar-refractivity contribution in [1.29, 1.82) is 0 Å². The second-order valence-corrected chi connectivity index (χ2v) is 18.1. The average Bonchev–Trinajstić information content (AvgIpc) is 3.29. The topological polar surface area (TPSA) is 78.9 Å². The maximum absolute atomic E-state index is 12.8. The van der Waals surface area contributed by atoms with Crippen LogP contribution in [0.1, 0.15) is 271 Å². The van der Waals surface area contributed by atoms with Gasteiger partial charge in [-0.15, -0.1) is 0 Å². The molecule has 0 aliphatic carbocycles. The number of carbonyl (C=O) groups excluding carboxylic acids is 3. The molecule has 370 valence electrons. The molecule has 0 saturated heterocycles. The van der Waals surface area contributed by atoms with Crippen molar-refractivity contribution in [3.05, 3.63) is 60.8 Å². The number of ether oxygens (including phenoxy) is 3. The highest BCUT2D eigenvalue weighted by Gasteiger charge is 2.19. The van der Waals surface area contributed by atoms with Crippen LogP contribution in [0.25, 0.3) is 0 Å². The van der Waals surface area contributed by atoms with Crippen LogP contribution in [0.4, 0.5) is 0 Å². The second-order valence-electron chi connectivity index (χ2n) is 18.1. The fraction of sp³-hybridized carbons (Fsp3) is 0.776. The van der Waals surface area contributed by atoms with Gasteiger partial charge in [-0.25, -0.2) is 0 Å². The predicted molar refractivity (Wildman–Crippen MR) is 275 cm³/mol. The molecular formula is C58H102O6. The summed E-state index contributed by atoms with van der Waals surface area (Å²) in [5.74, 6) is -0.913.